The van der Waals surface area contributed by atoms with Gasteiger partial charge in [-0.2, -0.15) is 0 Å². The molecule has 0 radical (unpaired) electrons. The molecular formula is C25H34N2O8. The Bertz CT molecular complexity index is 908. The number of nitrogens with zero attached hydrogens (tertiary/aromatic N) is 1. The van der Waals surface area contributed by atoms with E-state index in [4.69, 9.17) is 4.74 Å². The molecule has 35 heavy (non-hydrogen) atoms. The van der Waals surface area contributed by atoms with Crippen molar-refractivity contribution >= 4 is 30.3 Å². The van der Waals surface area contributed by atoms with E-state index in [1.54, 1.807) is 36.4 Å². The van der Waals surface area contributed by atoms with Gasteiger partial charge in [0.1, 0.15) is 37.1 Å². The summed E-state index contributed by atoms with van der Waals surface area (Å²) in [5.74, 6) is -4.72. The van der Waals surface area contributed by atoms with Gasteiger partial charge < -0.3 is 30.2 Å². The summed E-state index contributed by atoms with van der Waals surface area (Å²) in [6.07, 6.45) is -1.20. The van der Waals surface area contributed by atoms with Crippen molar-refractivity contribution in [3.63, 3.8) is 0 Å². The smallest absolute Gasteiger partial charge is 0.338 e. The second-order valence-corrected chi connectivity index (χ2v) is 9.06. The topological polar surface area (TPSA) is 163 Å². The quantitative estimate of drug-likeness (QED) is 0.0831. The molecule has 1 unspecified atom stereocenters. The van der Waals surface area contributed by atoms with Gasteiger partial charge in [-0.3, -0.25) is 9.59 Å². The van der Waals surface area contributed by atoms with Gasteiger partial charge in [0.15, 0.2) is 0 Å². The predicted molar refractivity (Wildman–Crippen MR) is 129 cm³/mol. The Morgan fingerprint density at radius 2 is 1.71 bits per heavy atom. The van der Waals surface area contributed by atoms with Crippen LogP contribution in [0.1, 0.15) is 38.1 Å². The Kier molecular flexibility index (Phi) is 12.1. The van der Waals surface area contributed by atoms with E-state index in [0.717, 1.165) is 6.21 Å². The SMILES string of the molecule is CC(C=NC(=O)[C@H](C=O)[C@H](O)[C@@H](O)[C@H](O)/C=C/C(C)(C)C)C(=O)NCCOC(=O)c1ccccc1. The molecule has 0 spiro atoms. The first-order valence-electron chi connectivity index (χ1n) is 11.1. The molecule has 5 atom stereocenters. The highest BCUT2D eigenvalue weighted by Crippen LogP contribution is 2.17. The number of benzene rings is 1. The lowest BCUT2D eigenvalue weighted by molar-refractivity contribution is -0.137. The number of amides is 2. The lowest BCUT2D eigenvalue weighted by Gasteiger charge is -2.24. The molecule has 4 N–H and O–H groups in total. The van der Waals surface area contributed by atoms with Crippen LogP contribution in [-0.4, -0.2) is 77.1 Å². The largest absolute Gasteiger partial charge is 0.460 e. The molecule has 192 valence electrons. The van der Waals surface area contributed by atoms with E-state index in [2.05, 4.69) is 10.3 Å². The van der Waals surface area contributed by atoms with Gasteiger partial charge in [-0.1, -0.05) is 51.1 Å². The number of rotatable bonds is 12. The van der Waals surface area contributed by atoms with E-state index in [0.29, 0.717) is 5.56 Å². The van der Waals surface area contributed by atoms with Crippen molar-refractivity contribution in [3.05, 3.63) is 48.0 Å². The van der Waals surface area contributed by atoms with Crippen molar-refractivity contribution in [2.45, 2.75) is 46.0 Å². The molecule has 0 heterocycles. The van der Waals surface area contributed by atoms with Gasteiger partial charge in [-0.05, 0) is 24.5 Å². The maximum atomic E-state index is 12.3. The van der Waals surface area contributed by atoms with E-state index in [1.165, 1.54) is 13.0 Å². The zero-order valence-electron chi connectivity index (χ0n) is 20.3. The molecule has 1 aromatic rings. The van der Waals surface area contributed by atoms with Crippen LogP contribution in [0.25, 0.3) is 0 Å². The summed E-state index contributed by atoms with van der Waals surface area (Å²) in [5.41, 5.74) is 0.0865. The Labute approximate surface area is 204 Å². The Hall–Kier alpha value is -3.21. The molecule has 0 aliphatic heterocycles. The number of carbonyl (C=O) groups is 4. The minimum Gasteiger partial charge on any atom is -0.460 e. The number of carbonyl (C=O) groups excluding carboxylic acids is 4. The fourth-order valence-electron chi connectivity index (χ4n) is 2.68. The van der Waals surface area contributed by atoms with Crippen molar-refractivity contribution in [2.24, 2.45) is 22.2 Å². The maximum Gasteiger partial charge on any atom is 0.338 e. The van der Waals surface area contributed by atoms with Crippen molar-refractivity contribution in [1.29, 1.82) is 0 Å². The zero-order valence-corrected chi connectivity index (χ0v) is 20.3. The summed E-state index contributed by atoms with van der Waals surface area (Å²) < 4.78 is 5.05. The van der Waals surface area contributed by atoms with E-state index in [-0.39, 0.29) is 24.9 Å². The van der Waals surface area contributed by atoms with Gasteiger partial charge in [0, 0.05) is 6.21 Å². The van der Waals surface area contributed by atoms with Crippen LogP contribution in [0.4, 0.5) is 0 Å². The van der Waals surface area contributed by atoms with Crippen molar-refractivity contribution < 1.29 is 39.2 Å². The molecule has 0 fully saturated rings. The Morgan fingerprint density at radius 1 is 1.09 bits per heavy atom. The van der Waals surface area contributed by atoms with Gasteiger partial charge in [-0.25, -0.2) is 9.79 Å². The van der Waals surface area contributed by atoms with Crippen LogP contribution >= 0.6 is 0 Å². The average molecular weight is 491 g/mol. The van der Waals surface area contributed by atoms with E-state index in [1.807, 2.05) is 20.8 Å². The summed E-state index contributed by atoms with van der Waals surface area (Å²) in [6, 6.07) is 8.36. The first-order valence-corrected chi connectivity index (χ1v) is 11.1. The number of nitrogens with one attached hydrogen (secondary N) is 1. The van der Waals surface area contributed by atoms with Crippen LogP contribution in [0, 0.1) is 17.3 Å². The van der Waals surface area contributed by atoms with E-state index < -0.39 is 47.9 Å². The van der Waals surface area contributed by atoms with Crippen LogP contribution in [0.3, 0.4) is 0 Å². The minimum absolute atomic E-state index is 0.0331. The fraction of sp³-hybridized carbons (Fsp3) is 0.480. The summed E-state index contributed by atoms with van der Waals surface area (Å²) >= 11 is 0. The van der Waals surface area contributed by atoms with Crippen LogP contribution in [0.2, 0.25) is 0 Å². The first kappa shape index (κ1) is 29.8. The summed E-state index contributed by atoms with van der Waals surface area (Å²) in [5, 5.41) is 32.9. The number of aliphatic imine (C=N–C) groups is 1. The number of allylic oxidation sites excluding steroid dienone is 1. The number of ether oxygens (including phenoxy) is 1. The summed E-state index contributed by atoms with van der Waals surface area (Å²) in [7, 11) is 0. The molecule has 0 aliphatic rings. The second-order valence-electron chi connectivity index (χ2n) is 9.06. The molecule has 0 saturated heterocycles. The van der Waals surface area contributed by atoms with E-state index >= 15 is 0 Å². The van der Waals surface area contributed by atoms with Crippen LogP contribution < -0.4 is 5.32 Å². The molecule has 10 nitrogen and oxygen atoms in total. The Morgan fingerprint density at radius 3 is 2.29 bits per heavy atom. The number of aldehydes is 1. The number of aliphatic hydroxyl groups excluding tert-OH is 3. The van der Waals surface area contributed by atoms with Crippen LogP contribution in [0.15, 0.2) is 47.5 Å². The molecular weight excluding hydrogens is 456 g/mol. The lowest BCUT2D eigenvalue weighted by Crippen LogP contribution is -2.44. The average Bonchev–Trinajstić information content (AvgIpc) is 2.83. The van der Waals surface area contributed by atoms with Gasteiger partial charge in [-0.15, -0.1) is 0 Å². The maximum absolute atomic E-state index is 12.3. The van der Waals surface area contributed by atoms with Gasteiger partial charge in [0.2, 0.25) is 5.91 Å². The van der Waals surface area contributed by atoms with Gasteiger partial charge >= 0.3 is 5.97 Å². The molecule has 0 saturated carbocycles. The fourth-order valence-corrected chi connectivity index (χ4v) is 2.68. The van der Waals surface area contributed by atoms with Crippen LogP contribution in [0.5, 0.6) is 0 Å². The monoisotopic (exact) mass is 490 g/mol. The molecule has 1 rings (SSSR count). The minimum atomic E-state index is -1.90. The summed E-state index contributed by atoms with van der Waals surface area (Å²) in [4.78, 5) is 51.2. The molecule has 0 aliphatic carbocycles. The van der Waals surface area contributed by atoms with Crippen molar-refractivity contribution in [3.8, 4) is 0 Å². The predicted octanol–water partition coefficient (Wildman–Crippen LogP) is 0.693. The molecule has 0 bridgehead atoms. The normalized spacial score (nSPS) is 16.3. The van der Waals surface area contributed by atoms with Crippen molar-refractivity contribution in [1.82, 2.24) is 5.32 Å². The first-order chi connectivity index (χ1) is 16.4. The van der Waals surface area contributed by atoms with Gasteiger partial charge in [0.25, 0.3) is 5.91 Å². The Balaban J connectivity index is 2.56. The highest BCUT2D eigenvalue weighted by Gasteiger charge is 2.35. The molecule has 10 heteroatoms. The molecule has 0 aromatic heterocycles. The number of hydrogen-bond acceptors (Lipinski definition) is 8. The van der Waals surface area contributed by atoms with E-state index in [9.17, 15) is 34.5 Å². The third-order valence-electron chi connectivity index (χ3n) is 4.78. The van der Waals surface area contributed by atoms with Gasteiger partial charge in [0.05, 0.1) is 18.0 Å². The zero-order chi connectivity index (χ0) is 26.6. The third-order valence-corrected chi connectivity index (χ3v) is 4.78. The number of aliphatic hydroxyl groups is 3. The van der Waals surface area contributed by atoms with Crippen LogP contribution in [-0.2, 0) is 19.1 Å². The molecule has 2 amide bonds. The second kappa shape index (κ2) is 14.2. The van der Waals surface area contributed by atoms with Crippen molar-refractivity contribution in [2.75, 3.05) is 13.2 Å². The standard InChI is InChI=1S/C25H34N2O8/c1-16(22(32)26-12-13-35-24(34)17-8-6-5-7-9-17)14-27-23(33)18(15-28)20(30)21(31)19(29)10-11-25(2,3)4/h5-11,14-16,18-21,29-31H,12-13H2,1-4H3,(H,26,32)/b11-10+,27-14?/t16?,18-,19-,20+,21+/m1/s1. The number of esters is 1. The third kappa shape index (κ3) is 10.7. The highest BCUT2D eigenvalue weighted by molar-refractivity contribution is 6.01. The highest BCUT2D eigenvalue weighted by atomic mass is 16.5. The lowest BCUT2D eigenvalue weighted by atomic mass is 9.92. The summed E-state index contributed by atoms with van der Waals surface area (Å²) in [6.45, 7) is 7.00. The number of hydrogen-bond donors (Lipinski definition) is 4. The molecule has 1 aromatic carbocycles.